The predicted octanol–water partition coefficient (Wildman–Crippen LogP) is 1.46. The fourth-order valence-electron chi connectivity index (χ4n) is 2.87. The van der Waals surface area contributed by atoms with Gasteiger partial charge in [-0.1, -0.05) is 6.08 Å². The van der Waals surface area contributed by atoms with Gasteiger partial charge in [-0.05, 0) is 36.8 Å². The number of nitrogens with one attached hydrogen (secondary N) is 1. The van der Waals surface area contributed by atoms with Crippen molar-refractivity contribution in [3.8, 4) is 5.75 Å². The Hall–Kier alpha value is -3.62. The molecule has 0 unspecified atom stereocenters. The second kappa shape index (κ2) is 7.55. The zero-order valence-corrected chi connectivity index (χ0v) is 16.3. The van der Waals surface area contributed by atoms with Crippen LogP contribution < -0.4 is 21.4 Å². The maximum Gasteiger partial charge on any atom is 0.332 e. The largest absolute Gasteiger partial charge is 0.497 e. The molecule has 0 bridgehead atoms. The summed E-state index contributed by atoms with van der Waals surface area (Å²) in [5, 5.41) is 4.37. The number of aromatic nitrogens is 4. The van der Waals surface area contributed by atoms with Gasteiger partial charge < -0.3 is 4.74 Å². The summed E-state index contributed by atoms with van der Waals surface area (Å²) in [5.41, 5.74) is 4.27. The lowest BCUT2D eigenvalue weighted by Crippen LogP contribution is -2.37. The first kappa shape index (κ1) is 19.2. The molecule has 9 heteroatoms. The van der Waals surface area contributed by atoms with Gasteiger partial charge in [0.1, 0.15) is 5.75 Å². The van der Waals surface area contributed by atoms with Gasteiger partial charge in [0.2, 0.25) is 5.95 Å². The number of hydrogen-bond donors (Lipinski definition) is 1. The zero-order valence-electron chi connectivity index (χ0n) is 16.3. The fourth-order valence-corrected chi connectivity index (χ4v) is 2.87. The maximum absolute atomic E-state index is 12.6. The van der Waals surface area contributed by atoms with E-state index in [-0.39, 0.29) is 5.65 Å². The van der Waals surface area contributed by atoms with E-state index in [0.717, 1.165) is 21.6 Å². The molecule has 9 nitrogen and oxygen atoms in total. The lowest BCUT2D eigenvalue weighted by atomic mass is 10.1. The molecule has 1 aromatic carbocycles. The average Bonchev–Trinajstić information content (AvgIpc) is 3.07. The molecule has 2 heterocycles. The van der Waals surface area contributed by atoms with Crippen LogP contribution in [0.3, 0.4) is 0 Å². The van der Waals surface area contributed by atoms with Gasteiger partial charge in [0.15, 0.2) is 11.2 Å². The van der Waals surface area contributed by atoms with Gasteiger partial charge in [-0.3, -0.25) is 18.5 Å². The molecule has 3 aromatic rings. The van der Waals surface area contributed by atoms with Gasteiger partial charge in [-0.2, -0.15) is 10.1 Å². The van der Waals surface area contributed by atoms with Crippen molar-refractivity contribution in [1.29, 1.82) is 0 Å². The molecule has 0 aliphatic rings. The molecule has 0 saturated heterocycles. The highest BCUT2D eigenvalue weighted by Crippen LogP contribution is 2.16. The maximum atomic E-state index is 12.6. The third-order valence-electron chi connectivity index (χ3n) is 4.49. The smallest absolute Gasteiger partial charge is 0.332 e. The van der Waals surface area contributed by atoms with E-state index in [9.17, 15) is 9.59 Å². The molecule has 0 radical (unpaired) electrons. The van der Waals surface area contributed by atoms with Crippen LogP contribution in [0.1, 0.15) is 12.5 Å². The molecule has 0 aliphatic carbocycles. The predicted molar refractivity (Wildman–Crippen MR) is 109 cm³/mol. The van der Waals surface area contributed by atoms with Gasteiger partial charge in [-0.15, -0.1) is 6.58 Å². The van der Waals surface area contributed by atoms with Crippen molar-refractivity contribution in [3.63, 3.8) is 0 Å². The molecular formula is C19H22N6O3. The van der Waals surface area contributed by atoms with Crippen LogP contribution in [-0.4, -0.2) is 31.5 Å². The van der Waals surface area contributed by atoms with Crippen molar-refractivity contribution in [2.45, 2.75) is 13.5 Å². The van der Waals surface area contributed by atoms with E-state index >= 15 is 0 Å². The van der Waals surface area contributed by atoms with Crippen molar-refractivity contribution in [1.82, 2.24) is 18.7 Å². The van der Waals surface area contributed by atoms with Crippen LogP contribution in [0.4, 0.5) is 5.95 Å². The summed E-state index contributed by atoms with van der Waals surface area (Å²) in [5.74, 6) is 1.11. The number of allylic oxidation sites excluding steroid dienone is 1. The van der Waals surface area contributed by atoms with Gasteiger partial charge in [0.25, 0.3) is 5.56 Å². The van der Waals surface area contributed by atoms with Crippen molar-refractivity contribution < 1.29 is 4.74 Å². The Morgan fingerprint density at radius 2 is 1.93 bits per heavy atom. The number of anilines is 1. The van der Waals surface area contributed by atoms with Gasteiger partial charge in [0.05, 0.1) is 12.8 Å². The first-order valence-corrected chi connectivity index (χ1v) is 8.61. The number of fused-ring (bicyclic) bond motifs is 1. The third kappa shape index (κ3) is 3.22. The number of benzene rings is 1. The summed E-state index contributed by atoms with van der Waals surface area (Å²) in [4.78, 5) is 29.2. The van der Waals surface area contributed by atoms with Gasteiger partial charge in [-0.25, -0.2) is 10.2 Å². The Kier molecular flexibility index (Phi) is 5.16. The second-order valence-electron chi connectivity index (χ2n) is 6.25. The van der Waals surface area contributed by atoms with Crippen molar-refractivity contribution in [3.05, 3.63) is 63.3 Å². The summed E-state index contributed by atoms with van der Waals surface area (Å²) in [6, 6.07) is 7.48. The highest BCUT2D eigenvalue weighted by molar-refractivity contribution is 5.99. The number of aryl methyl sites for hydroxylation is 1. The number of nitrogens with zero attached hydrogens (tertiary/aromatic N) is 5. The molecule has 1 N–H and O–H groups in total. The molecule has 0 spiro atoms. The number of ether oxygens (including phenoxy) is 1. The number of hydrazone groups is 1. The summed E-state index contributed by atoms with van der Waals surface area (Å²) < 4.78 is 9.20. The van der Waals surface area contributed by atoms with Crippen LogP contribution in [0.15, 0.2) is 51.6 Å². The minimum absolute atomic E-state index is 0.287. The SMILES string of the molecule is C=CCn1c(N/N=C(/C)c2ccc(OC)cc2)nc2c1c(=O)n(C)c(=O)n2C. The quantitative estimate of drug-likeness (QED) is 0.396. The van der Waals surface area contributed by atoms with Crippen LogP contribution >= 0.6 is 0 Å². The Morgan fingerprint density at radius 1 is 1.25 bits per heavy atom. The van der Waals surface area contributed by atoms with Crippen LogP contribution in [0.5, 0.6) is 5.75 Å². The Balaban J connectivity index is 2.07. The minimum Gasteiger partial charge on any atom is -0.497 e. The Labute approximate surface area is 161 Å². The molecule has 0 aliphatic heterocycles. The lowest BCUT2D eigenvalue weighted by molar-refractivity contribution is 0.415. The molecule has 0 fully saturated rings. The highest BCUT2D eigenvalue weighted by Gasteiger charge is 2.18. The van der Waals surface area contributed by atoms with Crippen LogP contribution in [0.25, 0.3) is 11.2 Å². The summed E-state index contributed by atoms with van der Waals surface area (Å²) in [6.45, 7) is 5.92. The van der Waals surface area contributed by atoms with E-state index in [0.29, 0.717) is 18.0 Å². The van der Waals surface area contributed by atoms with Crippen LogP contribution in [-0.2, 0) is 20.6 Å². The molecule has 0 amide bonds. The Morgan fingerprint density at radius 3 is 2.54 bits per heavy atom. The Bertz CT molecular complexity index is 1180. The topological polar surface area (TPSA) is 95.4 Å². The molecule has 146 valence electrons. The minimum atomic E-state index is -0.440. The van der Waals surface area contributed by atoms with E-state index < -0.39 is 11.2 Å². The fraction of sp³-hybridized carbons (Fsp3) is 0.263. The lowest BCUT2D eigenvalue weighted by Gasteiger charge is -2.07. The summed E-state index contributed by atoms with van der Waals surface area (Å²) >= 11 is 0. The van der Waals surface area contributed by atoms with E-state index in [4.69, 9.17) is 4.74 Å². The first-order valence-electron chi connectivity index (χ1n) is 8.61. The number of methoxy groups -OCH3 is 1. The third-order valence-corrected chi connectivity index (χ3v) is 4.49. The van der Waals surface area contributed by atoms with Crippen LogP contribution in [0.2, 0.25) is 0 Å². The molecular weight excluding hydrogens is 360 g/mol. The molecule has 0 atom stereocenters. The van der Waals surface area contributed by atoms with E-state index in [1.165, 1.54) is 11.6 Å². The zero-order chi connectivity index (χ0) is 20.4. The van der Waals surface area contributed by atoms with Crippen molar-refractivity contribution in [2.75, 3.05) is 12.5 Å². The number of hydrogen-bond acceptors (Lipinski definition) is 6. The summed E-state index contributed by atoms with van der Waals surface area (Å²) in [6.07, 6.45) is 1.65. The monoisotopic (exact) mass is 382 g/mol. The standard InChI is InChI=1S/C19H22N6O3/c1-6-11-25-15-16(23(3)19(27)24(4)17(15)26)20-18(25)22-21-12(2)13-7-9-14(28-5)10-8-13/h6-10H,1,11H2,2-5H3,(H,20,22)/b21-12-. The van der Waals surface area contributed by atoms with E-state index in [2.05, 4.69) is 22.1 Å². The molecule has 3 rings (SSSR count). The molecule has 2 aromatic heterocycles. The molecule has 0 saturated carbocycles. The average molecular weight is 382 g/mol. The van der Waals surface area contributed by atoms with Crippen molar-refractivity contribution >= 4 is 22.8 Å². The number of rotatable bonds is 6. The summed E-state index contributed by atoms with van der Waals surface area (Å²) in [7, 11) is 4.62. The highest BCUT2D eigenvalue weighted by atomic mass is 16.5. The van der Waals surface area contributed by atoms with E-state index in [1.807, 2.05) is 31.2 Å². The second-order valence-corrected chi connectivity index (χ2v) is 6.25. The van der Waals surface area contributed by atoms with Gasteiger partial charge >= 0.3 is 5.69 Å². The van der Waals surface area contributed by atoms with Crippen molar-refractivity contribution in [2.24, 2.45) is 19.2 Å². The van der Waals surface area contributed by atoms with Gasteiger partial charge in [0, 0.05) is 20.6 Å². The number of imidazole rings is 1. The first-order chi connectivity index (χ1) is 13.4. The van der Waals surface area contributed by atoms with Crippen LogP contribution in [0, 0.1) is 0 Å². The van der Waals surface area contributed by atoms with E-state index in [1.54, 1.807) is 24.8 Å². The molecule has 28 heavy (non-hydrogen) atoms. The normalized spacial score (nSPS) is 11.6.